The molecule has 0 aliphatic carbocycles. The fourth-order valence-corrected chi connectivity index (χ4v) is 2.07. The molecule has 4 heteroatoms. The molecule has 0 saturated carbocycles. The van der Waals surface area contributed by atoms with Crippen LogP contribution in [0.25, 0.3) is 0 Å². The van der Waals surface area contributed by atoms with E-state index >= 15 is 0 Å². The molecule has 0 bridgehead atoms. The Labute approximate surface area is 71.8 Å². The molecule has 0 radical (unpaired) electrons. The first-order valence-corrected chi connectivity index (χ1v) is 5.03. The van der Waals surface area contributed by atoms with Gasteiger partial charge in [-0.3, -0.25) is 4.84 Å². The second-order valence-electron chi connectivity index (χ2n) is 2.52. The van der Waals surface area contributed by atoms with Gasteiger partial charge in [0.2, 0.25) is 0 Å². The molecule has 0 spiro atoms. The number of methoxy groups -OCH3 is 1. The molecule has 0 aromatic rings. The van der Waals surface area contributed by atoms with E-state index in [4.69, 9.17) is 9.57 Å². The van der Waals surface area contributed by atoms with E-state index in [1.807, 2.05) is 11.8 Å². The second kappa shape index (κ2) is 5.83. The monoisotopic (exact) mass is 177 g/mol. The summed E-state index contributed by atoms with van der Waals surface area (Å²) in [7, 11) is 1.68. The van der Waals surface area contributed by atoms with Crippen LogP contribution in [0.3, 0.4) is 0 Å². The molecule has 1 aliphatic rings. The van der Waals surface area contributed by atoms with Crippen molar-refractivity contribution in [3.63, 3.8) is 0 Å². The summed E-state index contributed by atoms with van der Waals surface area (Å²) in [5.74, 6) is 2.43. The van der Waals surface area contributed by atoms with Crippen LogP contribution in [0, 0.1) is 0 Å². The SMILES string of the molecule is COCCONC1CCSC1. The van der Waals surface area contributed by atoms with Gasteiger partial charge in [-0.25, -0.2) is 0 Å². The van der Waals surface area contributed by atoms with E-state index in [0.29, 0.717) is 19.3 Å². The van der Waals surface area contributed by atoms with Gasteiger partial charge in [-0.1, -0.05) is 0 Å². The first-order valence-electron chi connectivity index (χ1n) is 3.87. The van der Waals surface area contributed by atoms with Gasteiger partial charge in [-0.05, 0) is 12.2 Å². The summed E-state index contributed by atoms with van der Waals surface area (Å²) >= 11 is 1.97. The largest absolute Gasteiger partial charge is 0.382 e. The summed E-state index contributed by atoms with van der Waals surface area (Å²) in [6.45, 7) is 1.30. The molecule has 1 rings (SSSR count). The fourth-order valence-electron chi connectivity index (χ4n) is 0.929. The molecule has 1 heterocycles. The minimum Gasteiger partial charge on any atom is -0.382 e. The van der Waals surface area contributed by atoms with Crippen LogP contribution in [-0.4, -0.2) is 37.9 Å². The minimum atomic E-state index is 0.553. The third-order valence-electron chi connectivity index (χ3n) is 1.57. The Kier molecular flexibility index (Phi) is 4.94. The first-order chi connectivity index (χ1) is 5.43. The number of ether oxygens (including phenoxy) is 1. The van der Waals surface area contributed by atoms with Gasteiger partial charge >= 0.3 is 0 Å². The molecule has 0 aromatic carbocycles. The first kappa shape index (κ1) is 9.32. The Morgan fingerprint density at radius 1 is 1.55 bits per heavy atom. The van der Waals surface area contributed by atoms with Crippen LogP contribution in [0.1, 0.15) is 6.42 Å². The van der Waals surface area contributed by atoms with Gasteiger partial charge in [-0.15, -0.1) is 0 Å². The molecule has 1 unspecified atom stereocenters. The van der Waals surface area contributed by atoms with E-state index in [0.717, 1.165) is 0 Å². The Hall–Kier alpha value is 0.230. The van der Waals surface area contributed by atoms with E-state index in [1.165, 1.54) is 17.9 Å². The lowest BCUT2D eigenvalue weighted by molar-refractivity contribution is -0.00742. The van der Waals surface area contributed by atoms with Gasteiger partial charge in [-0.2, -0.15) is 17.2 Å². The molecule has 11 heavy (non-hydrogen) atoms. The van der Waals surface area contributed by atoms with Crippen molar-refractivity contribution >= 4 is 11.8 Å². The molecular weight excluding hydrogens is 162 g/mol. The average molecular weight is 177 g/mol. The lowest BCUT2D eigenvalue weighted by atomic mass is 10.3. The van der Waals surface area contributed by atoms with E-state index in [9.17, 15) is 0 Å². The highest BCUT2D eigenvalue weighted by atomic mass is 32.2. The zero-order valence-electron chi connectivity index (χ0n) is 6.84. The number of thioether (sulfide) groups is 1. The third kappa shape index (κ3) is 3.96. The van der Waals surface area contributed by atoms with Gasteiger partial charge in [0.25, 0.3) is 0 Å². The van der Waals surface area contributed by atoms with Crippen molar-refractivity contribution in [1.82, 2.24) is 5.48 Å². The molecule has 1 atom stereocenters. The Morgan fingerprint density at radius 3 is 3.09 bits per heavy atom. The standard InChI is InChI=1S/C7H15NO2S/c1-9-3-4-10-8-7-2-5-11-6-7/h7-8H,2-6H2,1H3. The van der Waals surface area contributed by atoms with Crippen LogP contribution >= 0.6 is 11.8 Å². The van der Waals surface area contributed by atoms with Crippen molar-refractivity contribution in [3.05, 3.63) is 0 Å². The Bertz CT molecular complexity index is 96.4. The van der Waals surface area contributed by atoms with Crippen LogP contribution in [0.4, 0.5) is 0 Å². The zero-order chi connectivity index (χ0) is 7.94. The third-order valence-corrected chi connectivity index (χ3v) is 2.73. The lowest BCUT2D eigenvalue weighted by Gasteiger charge is -2.10. The van der Waals surface area contributed by atoms with Crippen LogP contribution in [-0.2, 0) is 9.57 Å². The summed E-state index contributed by atoms with van der Waals surface area (Å²) in [5, 5.41) is 0. The van der Waals surface area contributed by atoms with Crippen molar-refractivity contribution in [2.75, 3.05) is 31.8 Å². The summed E-state index contributed by atoms with van der Waals surface area (Å²) in [4.78, 5) is 5.17. The molecule has 0 aromatic heterocycles. The van der Waals surface area contributed by atoms with Crippen LogP contribution < -0.4 is 5.48 Å². The lowest BCUT2D eigenvalue weighted by Crippen LogP contribution is -2.29. The van der Waals surface area contributed by atoms with Gasteiger partial charge in [0, 0.05) is 18.9 Å². The van der Waals surface area contributed by atoms with E-state index in [-0.39, 0.29) is 0 Å². The number of rotatable bonds is 5. The van der Waals surface area contributed by atoms with Crippen molar-refractivity contribution in [1.29, 1.82) is 0 Å². The highest BCUT2D eigenvalue weighted by molar-refractivity contribution is 7.99. The number of hydrogen-bond acceptors (Lipinski definition) is 4. The fraction of sp³-hybridized carbons (Fsp3) is 1.00. The second-order valence-corrected chi connectivity index (χ2v) is 3.67. The van der Waals surface area contributed by atoms with E-state index < -0.39 is 0 Å². The van der Waals surface area contributed by atoms with Gasteiger partial charge in [0.1, 0.15) is 0 Å². The summed E-state index contributed by atoms with van der Waals surface area (Å²) in [5.41, 5.74) is 3.02. The molecule has 1 aliphatic heterocycles. The molecule has 66 valence electrons. The van der Waals surface area contributed by atoms with Crippen molar-refractivity contribution in [2.45, 2.75) is 12.5 Å². The number of hydroxylamine groups is 1. The van der Waals surface area contributed by atoms with Gasteiger partial charge in [0.05, 0.1) is 13.2 Å². The van der Waals surface area contributed by atoms with Crippen LogP contribution in [0.2, 0.25) is 0 Å². The average Bonchev–Trinajstić information content (AvgIpc) is 2.50. The Morgan fingerprint density at radius 2 is 2.45 bits per heavy atom. The molecule has 1 N–H and O–H groups in total. The van der Waals surface area contributed by atoms with Crippen LogP contribution in [0.5, 0.6) is 0 Å². The number of nitrogens with one attached hydrogen (secondary N) is 1. The van der Waals surface area contributed by atoms with E-state index in [1.54, 1.807) is 7.11 Å². The molecular formula is C7H15NO2S. The van der Waals surface area contributed by atoms with Gasteiger partial charge in [0.15, 0.2) is 0 Å². The predicted molar refractivity (Wildman–Crippen MR) is 46.7 cm³/mol. The van der Waals surface area contributed by atoms with E-state index in [2.05, 4.69) is 5.48 Å². The Balaban J connectivity index is 1.86. The zero-order valence-corrected chi connectivity index (χ0v) is 7.65. The normalized spacial score (nSPS) is 24.3. The smallest absolute Gasteiger partial charge is 0.0916 e. The predicted octanol–water partition coefficient (Wildman–Crippen LogP) is 0.659. The highest BCUT2D eigenvalue weighted by Gasteiger charge is 2.14. The quantitative estimate of drug-likeness (QED) is 0.493. The maximum absolute atomic E-state index is 5.17. The number of hydrogen-bond donors (Lipinski definition) is 1. The molecule has 0 amide bonds. The maximum atomic E-state index is 5.17. The summed E-state index contributed by atoms with van der Waals surface area (Å²) in [6.07, 6.45) is 1.22. The highest BCUT2D eigenvalue weighted by Crippen LogP contribution is 2.16. The van der Waals surface area contributed by atoms with Gasteiger partial charge < -0.3 is 4.74 Å². The summed E-state index contributed by atoms with van der Waals surface area (Å²) in [6, 6.07) is 0.553. The topological polar surface area (TPSA) is 30.5 Å². The maximum Gasteiger partial charge on any atom is 0.0916 e. The van der Waals surface area contributed by atoms with Crippen molar-refractivity contribution in [3.8, 4) is 0 Å². The molecule has 3 nitrogen and oxygen atoms in total. The molecule has 1 fully saturated rings. The van der Waals surface area contributed by atoms with Crippen LogP contribution in [0.15, 0.2) is 0 Å². The van der Waals surface area contributed by atoms with Crippen molar-refractivity contribution < 1.29 is 9.57 Å². The molecule has 1 saturated heterocycles. The minimum absolute atomic E-state index is 0.553. The summed E-state index contributed by atoms with van der Waals surface area (Å²) < 4.78 is 4.84. The van der Waals surface area contributed by atoms with Crippen molar-refractivity contribution in [2.24, 2.45) is 0 Å².